The lowest BCUT2D eigenvalue weighted by atomic mass is 10.1. The number of nitrogens with zero attached hydrogens (tertiary/aromatic N) is 1. The van der Waals surface area contributed by atoms with Gasteiger partial charge in [-0.2, -0.15) is 0 Å². The van der Waals surface area contributed by atoms with E-state index in [1.165, 1.54) is 5.56 Å². The molecule has 4 nitrogen and oxygen atoms in total. The quantitative estimate of drug-likeness (QED) is 0.815. The Bertz CT molecular complexity index is 550. The van der Waals surface area contributed by atoms with E-state index < -0.39 is 0 Å². The molecule has 2 aromatic rings. The Balaban J connectivity index is 1.96. The summed E-state index contributed by atoms with van der Waals surface area (Å²) in [4.78, 5) is 14.3. The Labute approximate surface area is 132 Å². The van der Waals surface area contributed by atoms with Crippen molar-refractivity contribution in [2.75, 3.05) is 13.1 Å². The highest BCUT2D eigenvalue weighted by Gasteiger charge is 2.15. The maximum absolute atomic E-state index is 12.4. The molecule has 0 bridgehead atoms. The molecular weight excluding hydrogens is 276 g/mol. The van der Waals surface area contributed by atoms with Crippen LogP contribution in [0.4, 0.5) is 0 Å². The zero-order valence-corrected chi connectivity index (χ0v) is 13.3. The normalized spacial score (nSPS) is 10.9. The van der Waals surface area contributed by atoms with Crippen LogP contribution in [0.2, 0.25) is 0 Å². The maximum Gasteiger partial charge on any atom is 0.236 e. The fourth-order valence-electron chi connectivity index (χ4n) is 2.19. The first-order chi connectivity index (χ1) is 10.6. The number of nitrogens with one attached hydrogen (secondary N) is 1. The van der Waals surface area contributed by atoms with E-state index in [1.54, 1.807) is 6.26 Å². The fraction of sp³-hybridized carbons (Fsp3) is 0.389. The van der Waals surface area contributed by atoms with Crippen LogP contribution in [0.3, 0.4) is 0 Å². The second-order valence-corrected chi connectivity index (χ2v) is 5.67. The molecule has 1 aromatic heterocycles. The van der Waals surface area contributed by atoms with Gasteiger partial charge in [-0.1, -0.05) is 44.2 Å². The second kappa shape index (κ2) is 8.39. The van der Waals surface area contributed by atoms with Crippen molar-refractivity contribution >= 4 is 5.91 Å². The highest BCUT2D eigenvalue weighted by molar-refractivity contribution is 5.78. The SMILES string of the molecule is CC(C)NCC(=O)N(CCc1ccccc1)Cc1ccco1. The summed E-state index contributed by atoms with van der Waals surface area (Å²) in [6.07, 6.45) is 2.48. The summed E-state index contributed by atoms with van der Waals surface area (Å²) in [6.45, 7) is 5.62. The Morgan fingerprint density at radius 1 is 1.18 bits per heavy atom. The minimum absolute atomic E-state index is 0.0982. The Hall–Kier alpha value is -2.07. The van der Waals surface area contributed by atoms with Gasteiger partial charge in [0, 0.05) is 12.6 Å². The molecule has 1 amide bonds. The molecule has 0 spiro atoms. The molecule has 0 radical (unpaired) electrons. The molecule has 1 heterocycles. The number of hydrogen-bond donors (Lipinski definition) is 1. The van der Waals surface area contributed by atoms with E-state index in [9.17, 15) is 4.79 Å². The number of hydrogen-bond acceptors (Lipinski definition) is 3. The van der Waals surface area contributed by atoms with Crippen molar-refractivity contribution < 1.29 is 9.21 Å². The van der Waals surface area contributed by atoms with Gasteiger partial charge in [0.05, 0.1) is 19.4 Å². The van der Waals surface area contributed by atoms with Gasteiger partial charge in [0.15, 0.2) is 0 Å². The molecule has 0 aliphatic rings. The Kier molecular flexibility index (Phi) is 6.22. The molecule has 0 saturated carbocycles. The van der Waals surface area contributed by atoms with E-state index in [0.29, 0.717) is 25.7 Å². The monoisotopic (exact) mass is 300 g/mol. The molecule has 4 heteroatoms. The first-order valence-corrected chi connectivity index (χ1v) is 7.72. The minimum atomic E-state index is 0.0982. The maximum atomic E-state index is 12.4. The van der Waals surface area contributed by atoms with Crippen LogP contribution >= 0.6 is 0 Å². The van der Waals surface area contributed by atoms with Crippen LogP contribution in [0.25, 0.3) is 0 Å². The van der Waals surface area contributed by atoms with Gasteiger partial charge in [-0.05, 0) is 24.1 Å². The standard InChI is InChI=1S/C18H24N2O2/c1-15(2)19-13-18(21)20(14-17-9-6-12-22-17)11-10-16-7-4-3-5-8-16/h3-9,12,15,19H,10-11,13-14H2,1-2H3. The lowest BCUT2D eigenvalue weighted by molar-refractivity contribution is -0.131. The average Bonchev–Trinajstić information content (AvgIpc) is 3.03. The molecule has 2 rings (SSSR count). The molecular formula is C18H24N2O2. The predicted octanol–water partition coefficient (Wildman–Crippen LogP) is 2.85. The predicted molar refractivity (Wildman–Crippen MR) is 87.4 cm³/mol. The summed E-state index contributed by atoms with van der Waals surface area (Å²) in [5.74, 6) is 0.909. The van der Waals surface area contributed by atoms with E-state index >= 15 is 0 Å². The van der Waals surface area contributed by atoms with Crippen LogP contribution in [-0.4, -0.2) is 29.9 Å². The highest BCUT2D eigenvalue weighted by atomic mass is 16.3. The molecule has 1 N–H and O–H groups in total. The number of carbonyl (C=O) groups excluding carboxylic acids is 1. The van der Waals surface area contributed by atoms with Crippen molar-refractivity contribution in [1.82, 2.24) is 10.2 Å². The molecule has 0 saturated heterocycles. The van der Waals surface area contributed by atoms with E-state index in [2.05, 4.69) is 17.4 Å². The summed E-state index contributed by atoms with van der Waals surface area (Å²) in [5, 5.41) is 3.18. The number of amides is 1. The lowest BCUT2D eigenvalue weighted by Crippen LogP contribution is -2.40. The van der Waals surface area contributed by atoms with Crippen molar-refractivity contribution in [2.45, 2.75) is 32.9 Å². The highest BCUT2D eigenvalue weighted by Crippen LogP contribution is 2.08. The number of furan rings is 1. The first kappa shape index (κ1) is 16.3. The topological polar surface area (TPSA) is 45.5 Å². The van der Waals surface area contributed by atoms with Crippen LogP contribution in [0, 0.1) is 0 Å². The largest absolute Gasteiger partial charge is 0.467 e. The third-order valence-electron chi connectivity index (χ3n) is 3.45. The third-order valence-corrected chi connectivity index (χ3v) is 3.45. The van der Waals surface area contributed by atoms with Gasteiger partial charge >= 0.3 is 0 Å². The van der Waals surface area contributed by atoms with Gasteiger partial charge in [-0.3, -0.25) is 4.79 Å². The molecule has 0 aliphatic heterocycles. The van der Waals surface area contributed by atoms with Gasteiger partial charge < -0.3 is 14.6 Å². The Morgan fingerprint density at radius 2 is 1.95 bits per heavy atom. The summed E-state index contributed by atoms with van der Waals surface area (Å²) in [7, 11) is 0. The second-order valence-electron chi connectivity index (χ2n) is 5.67. The molecule has 0 fully saturated rings. The van der Waals surface area contributed by atoms with Crippen molar-refractivity contribution in [2.24, 2.45) is 0 Å². The third kappa shape index (κ3) is 5.37. The van der Waals surface area contributed by atoms with Crippen molar-refractivity contribution in [1.29, 1.82) is 0 Å². The zero-order chi connectivity index (χ0) is 15.8. The Morgan fingerprint density at radius 3 is 2.59 bits per heavy atom. The van der Waals surface area contributed by atoms with Crippen molar-refractivity contribution in [3.8, 4) is 0 Å². The average molecular weight is 300 g/mol. The summed E-state index contributed by atoms with van der Waals surface area (Å²) < 4.78 is 5.38. The van der Waals surface area contributed by atoms with Gasteiger partial charge in [-0.15, -0.1) is 0 Å². The van der Waals surface area contributed by atoms with Crippen LogP contribution in [0.5, 0.6) is 0 Å². The zero-order valence-electron chi connectivity index (χ0n) is 13.3. The first-order valence-electron chi connectivity index (χ1n) is 7.72. The number of rotatable bonds is 8. The summed E-state index contributed by atoms with van der Waals surface area (Å²) in [5.41, 5.74) is 1.23. The van der Waals surface area contributed by atoms with Crippen LogP contribution in [-0.2, 0) is 17.8 Å². The van der Waals surface area contributed by atoms with Gasteiger partial charge in [0.25, 0.3) is 0 Å². The van der Waals surface area contributed by atoms with Gasteiger partial charge in [0.1, 0.15) is 5.76 Å². The van der Waals surface area contributed by atoms with Crippen LogP contribution in [0.15, 0.2) is 53.1 Å². The van der Waals surface area contributed by atoms with Gasteiger partial charge in [0.2, 0.25) is 5.91 Å². The van der Waals surface area contributed by atoms with Crippen molar-refractivity contribution in [3.05, 3.63) is 60.1 Å². The van der Waals surface area contributed by atoms with E-state index in [1.807, 2.05) is 49.1 Å². The fourth-order valence-corrected chi connectivity index (χ4v) is 2.19. The molecule has 118 valence electrons. The summed E-state index contributed by atoms with van der Waals surface area (Å²) >= 11 is 0. The minimum Gasteiger partial charge on any atom is -0.467 e. The molecule has 0 unspecified atom stereocenters. The van der Waals surface area contributed by atoms with Crippen molar-refractivity contribution in [3.63, 3.8) is 0 Å². The number of carbonyl (C=O) groups is 1. The van der Waals surface area contributed by atoms with E-state index in [-0.39, 0.29) is 5.91 Å². The number of benzene rings is 1. The molecule has 22 heavy (non-hydrogen) atoms. The van der Waals surface area contributed by atoms with Crippen LogP contribution < -0.4 is 5.32 Å². The van der Waals surface area contributed by atoms with E-state index in [4.69, 9.17) is 4.42 Å². The summed E-state index contributed by atoms with van der Waals surface area (Å²) in [6, 6.07) is 14.3. The smallest absolute Gasteiger partial charge is 0.236 e. The van der Waals surface area contributed by atoms with E-state index in [0.717, 1.165) is 12.2 Å². The van der Waals surface area contributed by atoms with Crippen LogP contribution in [0.1, 0.15) is 25.2 Å². The van der Waals surface area contributed by atoms with Gasteiger partial charge in [-0.25, -0.2) is 0 Å². The molecule has 0 atom stereocenters. The molecule has 1 aromatic carbocycles. The molecule has 0 aliphatic carbocycles. The lowest BCUT2D eigenvalue weighted by Gasteiger charge is -2.22.